The number of benzene rings is 2. The molecule has 0 unspecified atom stereocenters. The zero-order valence-electron chi connectivity index (χ0n) is 11.8. The van der Waals surface area contributed by atoms with Gasteiger partial charge < -0.3 is 10.6 Å². The summed E-state index contributed by atoms with van der Waals surface area (Å²) in [6.07, 6.45) is 0.847. The molecular weight excluding hydrogens is 248 g/mol. The molecule has 0 radical (unpaired) electrons. The van der Waals surface area contributed by atoms with E-state index in [1.54, 1.807) is 6.07 Å². The molecule has 1 aliphatic heterocycles. The highest BCUT2D eigenvalue weighted by molar-refractivity contribution is 6.11. The van der Waals surface area contributed by atoms with Crippen molar-refractivity contribution in [3.05, 3.63) is 58.7 Å². The molecule has 3 nitrogen and oxygen atoms in total. The molecule has 0 aliphatic carbocycles. The van der Waals surface area contributed by atoms with Gasteiger partial charge in [0.15, 0.2) is 0 Å². The van der Waals surface area contributed by atoms with Crippen molar-refractivity contribution in [1.82, 2.24) is 0 Å². The Bertz CT molecular complexity index is 691. The van der Waals surface area contributed by atoms with Gasteiger partial charge in [-0.05, 0) is 49.1 Å². The van der Waals surface area contributed by atoms with Crippen molar-refractivity contribution in [2.75, 3.05) is 17.2 Å². The second-order valence-electron chi connectivity index (χ2n) is 5.31. The second kappa shape index (κ2) is 4.67. The van der Waals surface area contributed by atoms with E-state index in [9.17, 15) is 4.79 Å². The Morgan fingerprint density at radius 1 is 1.10 bits per heavy atom. The third-order valence-electron chi connectivity index (χ3n) is 4.11. The molecule has 2 aromatic carbocycles. The van der Waals surface area contributed by atoms with E-state index in [1.165, 1.54) is 5.56 Å². The predicted molar refractivity (Wildman–Crippen MR) is 82.2 cm³/mol. The molecule has 3 heteroatoms. The number of nitrogens with two attached hydrogens (primary N) is 1. The Hall–Kier alpha value is -2.29. The lowest BCUT2D eigenvalue weighted by Gasteiger charge is -2.30. The fourth-order valence-electron chi connectivity index (χ4n) is 2.82. The normalized spacial score (nSPS) is 14.3. The van der Waals surface area contributed by atoms with Crippen LogP contribution >= 0.6 is 0 Å². The van der Waals surface area contributed by atoms with Gasteiger partial charge in [-0.3, -0.25) is 4.79 Å². The summed E-state index contributed by atoms with van der Waals surface area (Å²) in [6, 6.07) is 11.8. The van der Waals surface area contributed by atoms with Crippen molar-refractivity contribution in [1.29, 1.82) is 0 Å². The van der Waals surface area contributed by atoms with Crippen LogP contribution in [-0.2, 0) is 6.42 Å². The molecule has 0 saturated heterocycles. The van der Waals surface area contributed by atoms with Crippen molar-refractivity contribution >= 4 is 17.3 Å². The fourth-order valence-corrected chi connectivity index (χ4v) is 2.82. The van der Waals surface area contributed by atoms with Crippen molar-refractivity contribution in [2.24, 2.45) is 0 Å². The lowest BCUT2D eigenvalue weighted by Crippen LogP contribution is -2.38. The van der Waals surface area contributed by atoms with E-state index in [0.29, 0.717) is 17.8 Å². The summed E-state index contributed by atoms with van der Waals surface area (Å²) >= 11 is 0. The number of nitrogens with zero attached hydrogens (tertiary/aromatic N) is 1. The summed E-state index contributed by atoms with van der Waals surface area (Å²) < 4.78 is 0. The van der Waals surface area contributed by atoms with Gasteiger partial charge in [-0.1, -0.05) is 24.3 Å². The number of carbonyl (C=O) groups excluding carboxylic acids is 1. The zero-order chi connectivity index (χ0) is 14.3. The van der Waals surface area contributed by atoms with Crippen LogP contribution in [0, 0.1) is 13.8 Å². The average Bonchev–Trinajstić information content (AvgIpc) is 2.43. The quantitative estimate of drug-likeness (QED) is 0.806. The van der Waals surface area contributed by atoms with E-state index in [4.69, 9.17) is 5.73 Å². The largest absolute Gasteiger partial charge is 0.398 e. The standard InChI is InChI=1S/C17H18N2O/c1-11-5-3-8-15(12(11)2)19-10-9-13-6-4-7-14(18)16(13)17(19)20/h3-8H,9-10,18H2,1-2H3. The summed E-state index contributed by atoms with van der Waals surface area (Å²) in [5, 5.41) is 0. The molecule has 0 fully saturated rings. The Balaban J connectivity index is 2.09. The number of carbonyl (C=O) groups is 1. The van der Waals surface area contributed by atoms with Crippen LogP contribution in [0.1, 0.15) is 27.0 Å². The number of anilines is 2. The van der Waals surface area contributed by atoms with Crippen LogP contribution in [0.15, 0.2) is 36.4 Å². The number of amides is 1. The summed E-state index contributed by atoms with van der Waals surface area (Å²) in [6.45, 7) is 4.83. The predicted octanol–water partition coefficient (Wildman–Crippen LogP) is 3.09. The molecule has 102 valence electrons. The first kappa shape index (κ1) is 12.7. The maximum atomic E-state index is 12.7. The Morgan fingerprint density at radius 2 is 1.85 bits per heavy atom. The highest BCUT2D eigenvalue weighted by Crippen LogP contribution is 2.30. The lowest BCUT2D eigenvalue weighted by molar-refractivity contribution is 0.0981. The maximum Gasteiger partial charge on any atom is 0.260 e. The van der Waals surface area contributed by atoms with Crippen LogP contribution in [0.2, 0.25) is 0 Å². The molecule has 2 N–H and O–H groups in total. The number of hydrogen-bond donors (Lipinski definition) is 1. The number of aryl methyl sites for hydroxylation is 1. The van der Waals surface area contributed by atoms with E-state index < -0.39 is 0 Å². The Morgan fingerprint density at radius 3 is 2.65 bits per heavy atom. The maximum absolute atomic E-state index is 12.7. The molecule has 1 heterocycles. The van der Waals surface area contributed by atoms with Crippen LogP contribution in [0.25, 0.3) is 0 Å². The van der Waals surface area contributed by atoms with E-state index in [-0.39, 0.29) is 5.91 Å². The third kappa shape index (κ3) is 1.86. The first-order valence-corrected chi connectivity index (χ1v) is 6.85. The molecule has 0 saturated carbocycles. The van der Waals surface area contributed by atoms with Gasteiger partial charge in [0.25, 0.3) is 5.91 Å². The highest BCUT2D eigenvalue weighted by Gasteiger charge is 2.28. The number of rotatable bonds is 1. The molecule has 0 aromatic heterocycles. The molecular formula is C17H18N2O. The van der Waals surface area contributed by atoms with Crippen molar-refractivity contribution in [2.45, 2.75) is 20.3 Å². The number of fused-ring (bicyclic) bond motifs is 1. The summed E-state index contributed by atoms with van der Waals surface area (Å²) in [7, 11) is 0. The van der Waals surface area contributed by atoms with E-state index in [1.807, 2.05) is 29.2 Å². The van der Waals surface area contributed by atoms with Crippen LogP contribution < -0.4 is 10.6 Å². The van der Waals surface area contributed by atoms with Crippen LogP contribution in [0.4, 0.5) is 11.4 Å². The SMILES string of the molecule is Cc1cccc(N2CCc3cccc(N)c3C2=O)c1C. The molecule has 0 atom stereocenters. The van der Waals surface area contributed by atoms with Gasteiger partial charge in [-0.15, -0.1) is 0 Å². The molecule has 20 heavy (non-hydrogen) atoms. The third-order valence-corrected chi connectivity index (χ3v) is 4.11. The summed E-state index contributed by atoms with van der Waals surface area (Å²) in [5.74, 6) is 0.0121. The van der Waals surface area contributed by atoms with E-state index >= 15 is 0 Å². The monoisotopic (exact) mass is 266 g/mol. The van der Waals surface area contributed by atoms with Gasteiger partial charge in [0.2, 0.25) is 0 Å². The van der Waals surface area contributed by atoms with Crippen molar-refractivity contribution in [3.63, 3.8) is 0 Å². The average molecular weight is 266 g/mol. The molecule has 1 aliphatic rings. The van der Waals surface area contributed by atoms with E-state index in [0.717, 1.165) is 23.2 Å². The minimum atomic E-state index is 0.0121. The smallest absolute Gasteiger partial charge is 0.260 e. The van der Waals surface area contributed by atoms with Gasteiger partial charge in [0.05, 0.1) is 5.56 Å². The first-order chi connectivity index (χ1) is 9.59. The van der Waals surface area contributed by atoms with Gasteiger partial charge in [0.1, 0.15) is 0 Å². The minimum Gasteiger partial charge on any atom is -0.398 e. The molecule has 1 amide bonds. The number of hydrogen-bond acceptors (Lipinski definition) is 2. The van der Waals surface area contributed by atoms with E-state index in [2.05, 4.69) is 19.9 Å². The van der Waals surface area contributed by atoms with Crippen LogP contribution in [-0.4, -0.2) is 12.5 Å². The van der Waals surface area contributed by atoms with Gasteiger partial charge in [-0.25, -0.2) is 0 Å². The fraction of sp³-hybridized carbons (Fsp3) is 0.235. The first-order valence-electron chi connectivity index (χ1n) is 6.85. The topological polar surface area (TPSA) is 46.3 Å². The number of nitrogen functional groups attached to an aromatic ring is 1. The second-order valence-corrected chi connectivity index (χ2v) is 5.31. The zero-order valence-corrected chi connectivity index (χ0v) is 11.8. The molecule has 3 rings (SSSR count). The van der Waals surface area contributed by atoms with Gasteiger partial charge in [0, 0.05) is 17.9 Å². The molecule has 0 spiro atoms. The molecule has 0 bridgehead atoms. The van der Waals surface area contributed by atoms with Gasteiger partial charge in [-0.2, -0.15) is 0 Å². The summed E-state index contributed by atoms with van der Waals surface area (Å²) in [5.41, 5.74) is 11.6. The molecule has 2 aromatic rings. The highest BCUT2D eigenvalue weighted by atomic mass is 16.2. The summed E-state index contributed by atoms with van der Waals surface area (Å²) in [4.78, 5) is 14.6. The lowest BCUT2D eigenvalue weighted by atomic mass is 9.96. The van der Waals surface area contributed by atoms with Crippen molar-refractivity contribution < 1.29 is 4.79 Å². The minimum absolute atomic E-state index is 0.0121. The van der Waals surface area contributed by atoms with Crippen molar-refractivity contribution in [3.8, 4) is 0 Å². The van der Waals surface area contributed by atoms with Crippen LogP contribution in [0.3, 0.4) is 0 Å². The Kier molecular flexibility index (Phi) is 2.97. The van der Waals surface area contributed by atoms with Gasteiger partial charge >= 0.3 is 0 Å². The Labute approximate surface area is 119 Å². The van der Waals surface area contributed by atoms with Crippen LogP contribution in [0.5, 0.6) is 0 Å².